The fourth-order valence-corrected chi connectivity index (χ4v) is 2.19. The summed E-state index contributed by atoms with van der Waals surface area (Å²) in [6, 6.07) is 12.9. The molecule has 0 fully saturated rings. The van der Waals surface area contributed by atoms with Crippen LogP contribution < -0.4 is 5.73 Å². The van der Waals surface area contributed by atoms with Crippen LogP contribution in [0.2, 0.25) is 0 Å². The number of aromatic hydroxyl groups is 1. The molecule has 1 heterocycles. The second kappa shape index (κ2) is 5.76. The predicted octanol–water partition coefficient (Wildman–Crippen LogP) is 2.80. The second-order valence-electron chi connectivity index (χ2n) is 4.92. The summed E-state index contributed by atoms with van der Waals surface area (Å²) in [6.07, 6.45) is 1.53. The first-order chi connectivity index (χ1) is 11.0. The largest absolute Gasteiger partial charge is 0.508 e. The number of carbonyl (C=O) groups is 1. The highest BCUT2D eigenvalue weighted by Crippen LogP contribution is 2.27. The highest BCUT2D eigenvalue weighted by Gasteiger charge is 2.10. The number of nitrogens with two attached hydrogens (primary N) is 1. The van der Waals surface area contributed by atoms with Gasteiger partial charge in [0.2, 0.25) is 0 Å². The lowest BCUT2D eigenvalue weighted by Crippen LogP contribution is -2.00. The lowest BCUT2D eigenvalue weighted by Gasteiger charge is -2.08. The Morgan fingerprint density at radius 3 is 2.43 bits per heavy atom. The first kappa shape index (κ1) is 14.5. The molecule has 0 radical (unpaired) electrons. The number of carboxylic acids is 1. The number of aromatic nitrogens is 2. The molecule has 0 bridgehead atoms. The standard InChI is InChI=1S/C17H13N3O3/c18-16-15(10-4-6-11(7-5-10)17(22)23)20-14(9-19-16)12-2-1-3-13(21)8-12/h1-9,21H,(H2,18,19)(H,22,23). The van der Waals surface area contributed by atoms with Crippen molar-refractivity contribution in [1.29, 1.82) is 0 Å². The van der Waals surface area contributed by atoms with Crippen molar-refractivity contribution >= 4 is 11.8 Å². The van der Waals surface area contributed by atoms with Crippen molar-refractivity contribution in [3.63, 3.8) is 0 Å². The minimum Gasteiger partial charge on any atom is -0.508 e. The molecule has 114 valence electrons. The van der Waals surface area contributed by atoms with E-state index in [0.29, 0.717) is 22.5 Å². The van der Waals surface area contributed by atoms with E-state index in [4.69, 9.17) is 10.8 Å². The molecule has 23 heavy (non-hydrogen) atoms. The molecule has 0 aliphatic heterocycles. The van der Waals surface area contributed by atoms with Gasteiger partial charge >= 0.3 is 5.97 Å². The molecule has 0 saturated heterocycles. The van der Waals surface area contributed by atoms with E-state index in [2.05, 4.69) is 9.97 Å². The van der Waals surface area contributed by atoms with Gasteiger partial charge in [-0.1, -0.05) is 24.3 Å². The maximum Gasteiger partial charge on any atom is 0.335 e. The number of hydrogen-bond donors (Lipinski definition) is 3. The van der Waals surface area contributed by atoms with E-state index < -0.39 is 5.97 Å². The Morgan fingerprint density at radius 1 is 1.04 bits per heavy atom. The summed E-state index contributed by atoms with van der Waals surface area (Å²) < 4.78 is 0. The van der Waals surface area contributed by atoms with Gasteiger partial charge < -0.3 is 15.9 Å². The van der Waals surface area contributed by atoms with Gasteiger partial charge in [0.05, 0.1) is 17.5 Å². The Hall–Kier alpha value is -3.41. The molecule has 0 unspecified atom stereocenters. The monoisotopic (exact) mass is 307 g/mol. The molecule has 6 nitrogen and oxygen atoms in total. The van der Waals surface area contributed by atoms with Crippen molar-refractivity contribution in [3.05, 3.63) is 60.3 Å². The summed E-state index contributed by atoms with van der Waals surface area (Å²) in [5.74, 6) is -0.616. The number of rotatable bonds is 3. The Kier molecular flexibility index (Phi) is 3.64. The minimum absolute atomic E-state index is 0.133. The molecule has 0 saturated carbocycles. The Morgan fingerprint density at radius 2 is 1.78 bits per heavy atom. The zero-order valence-electron chi connectivity index (χ0n) is 12.0. The molecular weight excluding hydrogens is 294 g/mol. The molecule has 3 rings (SSSR count). The highest BCUT2D eigenvalue weighted by atomic mass is 16.4. The van der Waals surface area contributed by atoms with Crippen molar-refractivity contribution in [2.24, 2.45) is 0 Å². The summed E-state index contributed by atoms with van der Waals surface area (Å²) in [6.45, 7) is 0. The maximum atomic E-state index is 10.9. The summed E-state index contributed by atoms with van der Waals surface area (Å²) in [5, 5.41) is 18.5. The van der Waals surface area contributed by atoms with E-state index >= 15 is 0 Å². The van der Waals surface area contributed by atoms with Crippen molar-refractivity contribution in [2.45, 2.75) is 0 Å². The first-order valence-corrected chi connectivity index (χ1v) is 6.80. The van der Waals surface area contributed by atoms with Crippen LogP contribution in [0.5, 0.6) is 5.75 Å². The van der Waals surface area contributed by atoms with Crippen LogP contribution in [0.25, 0.3) is 22.5 Å². The quantitative estimate of drug-likeness (QED) is 0.686. The molecule has 0 aliphatic rings. The van der Waals surface area contributed by atoms with E-state index in [-0.39, 0.29) is 17.1 Å². The molecule has 1 aromatic heterocycles. The average molecular weight is 307 g/mol. The van der Waals surface area contributed by atoms with Gasteiger partial charge in [0.25, 0.3) is 0 Å². The molecule has 0 spiro atoms. The molecule has 3 aromatic rings. The number of phenols is 1. The summed E-state index contributed by atoms with van der Waals surface area (Å²) >= 11 is 0. The number of aromatic carboxylic acids is 1. The minimum atomic E-state index is -0.996. The molecule has 0 atom stereocenters. The van der Waals surface area contributed by atoms with Gasteiger partial charge in [-0.15, -0.1) is 0 Å². The molecular formula is C17H13N3O3. The highest BCUT2D eigenvalue weighted by molar-refractivity contribution is 5.88. The number of nitrogens with zero attached hydrogens (tertiary/aromatic N) is 2. The lowest BCUT2D eigenvalue weighted by molar-refractivity contribution is 0.0697. The number of nitrogen functional groups attached to an aromatic ring is 1. The Balaban J connectivity index is 2.05. The van der Waals surface area contributed by atoms with E-state index in [9.17, 15) is 9.90 Å². The topological polar surface area (TPSA) is 109 Å². The van der Waals surface area contributed by atoms with Crippen LogP contribution in [0.4, 0.5) is 5.82 Å². The van der Waals surface area contributed by atoms with E-state index in [1.165, 1.54) is 18.3 Å². The fraction of sp³-hybridized carbons (Fsp3) is 0. The lowest BCUT2D eigenvalue weighted by atomic mass is 10.1. The molecule has 4 N–H and O–H groups in total. The molecule has 0 aliphatic carbocycles. The van der Waals surface area contributed by atoms with E-state index in [1.807, 2.05) is 0 Å². The SMILES string of the molecule is Nc1ncc(-c2cccc(O)c2)nc1-c1ccc(C(=O)O)cc1. The average Bonchev–Trinajstić information content (AvgIpc) is 2.55. The van der Waals surface area contributed by atoms with Crippen LogP contribution in [-0.4, -0.2) is 26.2 Å². The van der Waals surface area contributed by atoms with E-state index in [0.717, 1.165) is 0 Å². The van der Waals surface area contributed by atoms with Crippen molar-refractivity contribution < 1.29 is 15.0 Å². The van der Waals surface area contributed by atoms with Crippen LogP contribution in [0, 0.1) is 0 Å². The normalized spacial score (nSPS) is 10.4. The zero-order chi connectivity index (χ0) is 16.4. The summed E-state index contributed by atoms with van der Waals surface area (Å²) in [4.78, 5) is 19.5. The third-order valence-electron chi connectivity index (χ3n) is 3.35. The number of phenolic OH excluding ortho intramolecular Hbond substituents is 1. The molecule has 0 amide bonds. The van der Waals surface area contributed by atoms with Gasteiger partial charge in [-0.05, 0) is 24.3 Å². The van der Waals surface area contributed by atoms with Gasteiger partial charge in [-0.2, -0.15) is 0 Å². The number of carboxylic acid groups (broad SMARTS) is 1. The number of hydrogen-bond acceptors (Lipinski definition) is 5. The van der Waals surface area contributed by atoms with Gasteiger partial charge in [-0.25, -0.2) is 14.8 Å². The van der Waals surface area contributed by atoms with Crippen molar-refractivity contribution in [3.8, 4) is 28.3 Å². The Labute approximate surface area is 131 Å². The first-order valence-electron chi connectivity index (χ1n) is 6.80. The smallest absolute Gasteiger partial charge is 0.335 e. The van der Waals surface area contributed by atoms with Crippen LogP contribution in [0.3, 0.4) is 0 Å². The van der Waals surface area contributed by atoms with Gasteiger partial charge in [-0.3, -0.25) is 0 Å². The number of benzene rings is 2. The molecule has 6 heteroatoms. The van der Waals surface area contributed by atoms with Crippen molar-refractivity contribution in [1.82, 2.24) is 9.97 Å². The third kappa shape index (κ3) is 2.96. The van der Waals surface area contributed by atoms with Crippen LogP contribution in [0.1, 0.15) is 10.4 Å². The fourth-order valence-electron chi connectivity index (χ4n) is 2.19. The molecule has 2 aromatic carbocycles. The number of anilines is 1. The maximum absolute atomic E-state index is 10.9. The second-order valence-corrected chi connectivity index (χ2v) is 4.92. The van der Waals surface area contributed by atoms with Crippen LogP contribution >= 0.6 is 0 Å². The van der Waals surface area contributed by atoms with Crippen LogP contribution in [-0.2, 0) is 0 Å². The van der Waals surface area contributed by atoms with Gasteiger partial charge in [0.1, 0.15) is 17.3 Å². The van der Waals surface area contributed by atoms with Crippen LogP contribution in [0.15, 0.2) is 54.7 Å². The van der Waals surface area contributed by atoms with Gasteiger partial charge in [0.15, 0.2) is 0 Å². The van der Waals surface area contributed by atoms with Gasteiger partial charge in [0, 0.05) is 11.1 Å². The third-order valence-corrected chi connectivity index (χ3v) is 3.35. The summed E-state index contributed by atoms with van der Waals surface area (Å²) in [7, 11) is 0. The summed E-state index contributed by atoms with van der Waals surface area (Å²) in [5.41, 5.74) is 8.47. The zero-order valence-corrected chi connectivity index (χ0v) is 12.0. The Bertz CT molecular complexity index is 877. The van der Waals surface area contributed by atoms with E-state index in [1.54, 1.807) is 36.4 Å². The predicted molar refractivity (Wildman–Crippen MR) is 85.9 cm³/mol. The van der Waals surface area contributed by atoms with Crippen molar-refractivity contribution in [2.75, 3.05) is 5.73 Å².